The fraction of sp³-hybridized carbons (Fsp3) is 0.952. The van der Waals surface area contributed by atoms with Gasteiger partial charge in [0, 0.05) is 0 Å². The van der Waals surface area contributed by atoms with Crippen molar-refractivity contribution in [1.29, 1.82) is 0 Å². The van der Waals surface area contributed by atoms with E-state index in [1.807, 2.05) is 0 Å². The molecule has 0 bridgehead atoms. The van der Waals surface area contributed by atoms with Crippen molar-refractivity contribution in [1.82, 2.24) is 0 Å². The standard InChI is InChI=1S/C21H38O3/c1-8-9-10-24-18(23)16-13-21(16)11-14(19(2,3)4)17(22)15(12-21)20(5,6)7/h14-17,22H,8-13H2,1-7H3. The molecule has 3 heteroatoms. The average Bonchev–Trinajstić information content (AvgIpc) is 3.13. The SMILES string of the molecule is CCCCOC(=O)C1CC12CC(C(C)(C)C)C(O)C(C(C)(C)C)C2. The molecule has 2 aliphatic carbocycles. The Morgan fingerprint density at radius 3 is 1.96 bits per heavy atom. The number of aliphatic hydroxyl groups excluding tert-OH is 1. The molecule has 140 valence electrons. The van der Waals surface area contributed by atoms with Gasteiger partial charge in [-0.25, -0.2) is 0 Å². The summed E-state index contributed by atoms with van der Waals surface area (Å²) in [6.45, 7) is 16.0. The van der Waals surface area contributed by atoms with Gasteiger partial charge in [-0.05, 0) is 53.8 Å². The first kappa shape index (κ1) is 19.8. The van der Waals surface area contributed by atoms with Crippen LogP contribution < -0.4 is 0 Å². The molecule has 1 spiro atoms. The summed E-state index contributed by atoms with van der Waals surface area (Å²) >= 11 is 0. The number of esters is 1. The Hall–Kier alpha value is -0.570. The van der Waals surface area contributed by atoms with E-state index in [4.69, 9.17) is 4.74 Å². The van der Waals surface area contributed by atoms with E-state index in [0.717, 1.165) is 32.1 Å². The average molecular weight is 339 g/mol. The van der Waals surface area contributed by atoms with E-state index in [2.05, 4.69) is 48.5 Å². The molecule has 0 aromatic heterocycles. The number of aliphatic hydroxyl groups is 1. The minimum Gasteiger partial charge on any atom is -0.465 e. The molecule has 2 rings (SSSR count). The zero-order valence-electron chi connectivity index (χ0n) is 16.8. The van der Waals surface area contributed by atoms with Crippen LogP contribution in [-0.4, -0.2) is 23.8 Å². The van der Waals surface area contributed by atoms with Crippen LogP contribution >= 0.6 is 0 Å². The van der Waals surface area contributed by atoms with Crippen LogP contribution in [0.5, 0.6) is 0 Å². The molecule has 0 radical (unpaired) electrons. The van der Waals surface area contributed by atoms with Gasteiger partial charge in [0.25, 0.3) is 0 Å². The maximum absolute atomic E-state index is 12.5. The van der Waals surface area contributed by atoms with Gasteiger partial charge >= 0.3 is 5.97 Å². The van der Waals surface area contributed by atoms with Gasteiger partial charge in [-0.15, -0.1) is 0 Å². The summed E-state index contributed by atoms with van der Waals surface area (Å²) in [5.74, 6) is 0.532. The highest BCUT2D eigenvalue weighted by atomic mass is 16.5. The molecule has 0 amide bonds. The lowest BCUT2D eigenvalue weighted by atomic mass is 9.57. The lowest BCUT2D eigenvalue weighted by Gasteiger charge is -2.50. The Morgan fingerprint density at radius 1 is 1.04 bits per heavy atom. The van der Waals surface area contributed by atoms with Crippen molar-refractivity contribution in [3.63, 3.8) is 0 Å². The van der Waals surface area contributed by atoms with Crippen molar-refractivity contribution in [2.75, 3.05) is 6.61 Å². The Labute approximate surface area is 148 Å². The zero-order chi connectivity index (χ0) is 18.3. The van der Waals surface area contributed by atoms with Gasteiger partial charge in [0.1, 0.15) is 0 Å². The molecule has 0 aromatic rings. The van der Waals surface area contributed by atoms with Crippen molar-refractivity contribution in [3.8, 4) is 0 Å². The molecule has 3 nitrogen and oxygen atoms in total. The summed E-state index contributed by atoms with van der Waals surface area (Å²) in [5.41, 5.74) is 0.170. The van der Waals surface area contributed by atoms with Crippen LogP contribution in [0.3, 0.4) is 0 Å². The van der Waals surface area contributed by atoms with Gasteiger partial charge in [-0.1, -0.05) is 54.9 Å². The Morgan fingerprint density at radius 2 is 1.54 bits per heavy atom. The minimum atomic E-state index is -0.284. The molecular formula is C21H38O3. The van der Waals surface area contributed by atoms with Crippen LogP contribution in [0.2, 0.25) is 0 Å². The van der Waals surface area contributed by atoms with Crippen molar-refractivity contribution < 1.29 is 14.6 Å². The van der Waals surface area contributed by atoms with E-state index in [9.17, 15) is 9.90 Å². The topological polar surface area (TPSA) is 46.5 Å². The monoisotopic (exact) mass is 338 g/mol. The minimum absolute atomic E-state index is 0.000146. The third kappa shape index (κ3) is 3.98. The molecule has 3 atom stereocenters. The molecule has 2 fully saturated rings. The molecule has 2 saturated carbocycles. The van der Waals surface area contributed by atoms with Gasteiger partial charge in [-0.2, -0.15) is 0 Å². The first-order valence-electron chi connectivity index (χ1n) is 9.77. The van der Waals surface area contributed by atoms with Crippen LogP contribution in [-0.2, 0) is 9.53 Å². The lowest BCUT2D eigenvalue weighted by molar-refractivity contribution is -0.148. The van der Waals surface area contributed by atoms with Crippen LogP contribution in [0, 0.1) is 34.0 Å². The Balaban J connectivity index is 2.15. The molecule has 0 aromatic carbocycles. The number of carbonyl (C=O) groups excluding carboxylic acids is 1. The largest absolute Gasteiger partial charge is 0.465 e. The normalized spacial score (nSPS) is 36.7. The van der Waals surface area contributed by atoms with Crippen LogP contribution in [0.15, 0.2) is 0 Å². The van der Waals surface area contributed by atoms with Crippen molar-refractivity contribution in [2.24, 2.45) is 34.0 Å². The van der Waals surface area contributed by atoms with Crippen molar-refractivity contribution in [3.05, 3.63) is 0 Å². The smallest absolute Gasteiger partial charge is 0.309 e. The second-order valence-electron chi connectivity index (χ2n) is 10.5. The summed E-state index contributed by atoms with van der Waals surface area (Å²) in [6, 6.07) is 0. The molecule has 1 N–H and O–H groups in total. The van der Waals surface area contributed by atoms with E-state index in [1.165, 1.54) is 0 Å². The summed E-state index contributed by atoms with van der Waals surface area (Å²) in [4.78, 5) is 12.5. The molecule has 24 heavy (non-hydrogen) atoms. The highest BCUT2D eigenvalue weighted by Crippen LogP contribution is 2.67. The van der Waals surface area contributed by atoms with Crippen LogP contribution in [0.1, 0.15) is 80.6 Å². The van der Waals surface area contributed by atoms with Crippen LogP contribution in [0.25, 0.3) is 0 Å². The van der Waals surface area contributed by atoms with Gasteiger partial charge in [0.15, 0.2) is 0 Å². The maximum atomic E-state index is 12.5. The Bertz CT molecular complexity index is 431. The lowest BCUT2D eigenvalue weighted by Crippen LogP contribution is -2.49. The van der Waals surface area contributed by atoms with Gasteiger partial charge in [0.2, 0.25) is 0 Å². The van der Waals surface area contributed by atoms with E-state index in [-0.39, 0.29) is 46.1 Å². The summed E-state index contributed by atoms with van der Waals surface area (Å²) < 4.78 is 5.50. The fourth-order valence-electron chi connectivity index (χ4n) is 4.67. The Kier molecular flexibility index (Phi) is 5.45. The molecular weight excluding hydrogens is 300 g/mol. The quantitative estimate of drug-likeness (QED) is 0.591. The zero-order valence-corrected chi connectivity index (χ0v) is 16.8. The second-order valence-corrected chi connectivity index (χ2v) is 10.5. The number of ether oxygens (including phenoxy) is 1. The molecule has 0 aliphatic heterocycles. The van der Waals surface area contributed by atoms with Crippen molar-refractivity contribution >= 4 is 5.97 Å². The summed E-state index contributed by atoms with van der Waals surface area (Å²) in [6.07, 6.45) is 4.57. The highest BCUT2D eigenvalue weighted by molar-refractivity contribution is 5.77. The number of carbonyl (C=O) groups is 1. The number of unbranched alkanes of at least 4 members (excludes halogenated alkanes) is 1. The van der Waals surface area contributed by atoms with E-state index in [0.29, 0.717) is 6.61 Å². The van der Waals surface area contributed by atoms with E-state index in [1.54, 1.807) is 0 Å². The van der Waals surface area contributed by atoms with Crippen molar-refractivity contribution in [2.45, 2.75) is 86.7 Å². The predicted molar refractivity (Wildman–Crippen MR) is 97.5 cm³/mol. The first-order chi connectivity index (χ1) is 10.9. The molecule has 2 aliphatic rings. The third-order valence-corrected chi connectivity index (χ3v) is 6.52. The van der Waals surface area contributed by atoms with E-state index < -0.39 is 0 Å². The number of hydrogen-bond acceptors (Lipinski definition) is 3. The molecule has 0 heterocycles. The first-order valence-corrected chi connectivity index (χ1v) is 9.77. The molecule has 3 unspecified atom stereocenters. The predicted octanol–water partition coefficient (Wildman–Crippen LogP) is 4.82. The third-order valence-electron chi connectivity index (χ3n) is 6.52. The van der Waals surface area contributed by atoms with E-state index >= 15 is 0 Å². The highest BCUT2D eigenvalue weighted by Gasteiger charge is 2.65. The second kappa shape index (κ2) is 6.63. The van der Waals surface area contributed by atoms with Gasteiger partial charge < -0.3 is 9.84 Å². The molecule has 0 saturated heterocycles. The summed E-state index contributed by atoms with van der Waals surface area (Å²) in [7, 11) is 0. The van der Waals surface area contributed by atoms with Gasteiger partial charge in [-0.3, -0.25) is 4.79 Å². The maximum Gasteiger partial charge on any atom is 0.309 e. The van der Waals surface area contributed by atoms with Crippen LogP contribution in [0.4, 0.5) is 0 Å². The number of rotatable bonds is 4. The number of hydrogen-bond donors (Lipinski definition) is 1. The van der Waals surface area contributed by atoms with Gasteiger partial charge in [0.05, 0.1) is 18.6 Å². The summed E-state index contributed by atoms with van der Waals surface area (Å²) in [5, 5.41) is 11.0. The fourth-order valence-corrected chi connectivity index (χ4v) is 4.67.